The van der Waals surface area contributed by atoms with Gasteiger partial charge in [-0.2, -0.15) is 0 Å². The molecular weight excluding hydrogens is 352 g/mol. The molecule has 0 spiro atoms. The molecule has 0 radical (unpaired) electrons. The van der Waals surface area contributed by atoms with E-state index in [0.717, 1.165) is 35.3 Å². The number of nitrogens with zero attached hydrogens (tertiary/aromatic N) is 1. The lowest BCUT2D eigenvalue weighted by Crippen LogP contribution is -2.45. The molecule has 0 saturated carbocycles. The molecule has 1 N–H and O–H groups in total. The molecule has 148 valence electrons. The van der Waals surface area contributed by atoms with E-state index in [0.29, 0.717) is 25.2 Å². The van der Waals surface area contributed by atoms with Crippen LogP contribution in [0.5, 0.6) is 5.75 Å². The molecule has 1 heterocycles. The number of carbonyl (C=O) groups is 2. The van der Waals surface area contributed by atoms with Crippen molar-refractivity contribution in [3.63, 3.8) is 0 Å². The van der Waals surface area contributed by atoms with Crippen LogP contribution in [0.4, 0.5) is 0 Å². The van der Waals surface area contributed by atoms with Crippen LogP contribution in [0.1, 0.15) is 39.9 Å². The van der Waals surface area contributed by atoms with Crippen LogP contribution >= 0.6 is 0 Å². The fourth-order valence-electron chi connectivity index (χ4n) is 3.73. The van der Waals surface area contributed by atoms with E-state index in [4.69, 9.17) is 4.74 Å². The number of carbonyl (C=O) groups excluding carboxylic acids is 2. The average molecular weight is 380 g/mol. The lowest BCUT2D eigenvalue weighted by molar-refractivity contribution is -0.126. The third-order valence-electron chi connectivity index (χ3n) is 5.17. The Balaban J connectivity index is 1.58. The Hall–Kier alpha value is -2.82. The lowest BCUT2D eigenvalue weighted by atomic mass is 9.96. The summed E-state index contributed by atoms with van der Waals surface area (Å²) in [4.78, 5) is 27.3. The molecule has 2 aromatic carbocycles. The topological polar surface area (TPSA) is 58.6 Å². The minimum atomic E-state index is -0.165. The predicted molar refractivity (Wildman–Crippen MR) is 109 cm³/mol. The van der Waals surface area contributed by atoms with Gasteiger partial charge in [0.15, 0.2) is 0 Å². The second kappa shape index (κ2) is 8.91. The molecule has 2 aromatic rings. The van der Waals surface area contributed by atoms with Crippen LogP contribution in [0.25, 0.3) is 0 Å². The number of amides is 2. The van der Waals surface area contributed by atoms with Crippen LogP contribution in [0.15, 0.2) is 42.5 Å². The number of hydrogen-bond donors (Lipinski definition) is 1. The normalized spacial score (nSPS) is 16.5. The van der Waals surface area contributed by atoms with Crippen molar-refractivity contribution in [1.82, 2.24) is 10.2 Å². The van der Waals surface area contributed by atoms with Gasteiger partial charge in [0, 0.05) is 25.2 Å². The van der Waals surface area contributed by atoms with E-state index in [1.165, 1.54) is 0 Å². The largest absolute Gasteiger partial charge is 0.497 e. The van der Waals surface area contributed by atoms with Crippen molar-refractivity contribution in [3.05, 3.63) is 64.7 Å². The Labute approximate surface area is 166 Å². The van der Waals surface area contributed by atoms with Gasteiger partial charge in [0.25, 0.3) is 5.91 Å². The molecule has 0 unspecified atom stereocenters. The molecule has 2 amide bonds. The zero-order valence-electron chi connectivity index (χ0n) is 16.8. The number of aryl methyl sites for hydroxylation is 2. The summed E-state index contributed by atoms with van der Waals surface area (Å²) in [5.41, 5.74) is 3.88. The second-order valence-electron chi connectivity index (χ2n) is 7.53. The number of ether oxygens (including phenoxy) is 1. The van der Waals surface area contributed by atoms with E-state index in [1.54, 1.807) is 7.11 Å². The molecule has 1 atom stereocenters. The number of methoxy groups -OCH3 is 1. The highest BCUT2D eigenvalue weighted by atomic mass is 16.5. The van der Waals surface area contributed by atoms with E-state index in [1.807, 2.05) is 55.1 Å². The zero-order chi connectivity index (χ0) is 20.1. The molecule has 5 nitrogen and oxygen atoms in total. The number of likely N-dealkylation sites (tertiary alicyclic amines) is 1. The van der Waals surface area contributed by atoms with Crippen molar-refractivity contribution in [3.8, 4) is 5.75 Å². The summed E-state index contributed by atoms with van der Waals surface area (Å²) in [6, 6.07) is 13.5. The van der Waals surface area contributed by atoms with Gasteiger partial charge in [0.1, 0.15) is 5.75 Å². The SMILES string of the molecule is COc1ccc(CNC(=O)[C@@H]2CCCN(C(=O)c3cc(C)cc(C)c3)C2)cc1. The summed E-state index contributed by atoms with van der Waals surface area (Å²) in [7, 11) is 1.63. The minimum Gasteiger partial charge on any atom is -0.497 e. The van der Waals surface area contributed by atoms with Gasteiger partial charge in [-0.1, -0.05) is 29.3 Å². The van der Waals surface area contributed by atoms with Gasteiger partial charge in [0.05, 0.1) is 13.0 Å². The first-order valence-corrected chi connectivity index (χ1v) is 9.74. The van der Waals surface area contributed by atoms with Crippen molar-refractivity contribution in [2.24, 2.45) is 5.92 Å². The Morgan fingerprint density at radius 3 is 2.43 bits per heavy atom. The summed E-state index contributed by atoms with van der Waals surface area (Å²) >= 11 is 0. The third-order valence-corrected chi connectivity index (χ3v) is 5.17. The molecule has 28 heavy (non-hydrogen) atoms. The molecule has 5 heteroatoms. The zero-order valence-corrected chi connectivity index (χ0v) is 16.8. The third kappa shape index (κ3) is 4.91. The molecular formula is C23H28N2O3. The van der Waals surface area contributed by atoms with Crippen LogP contribution in [0.3, 0.4) is 0 Å². The summed E-state index contributed by atoms with van der Waals surface area (Å²) < 4.78 is 5.15. The molecule has 1 aliphatic rings. The van der Waals surface area contributed by atoms with Crippen LogP contribution in [-0.4, -0.2) is 36.9 Å². The fourth-order valence-corrected chi connectivity index (χ4v) is 3.73. The number of piperidine rings is 1. The molecule has 1 saturated heterocycles. The fraction of sp³-hybridized carbons (Fsp3) is 0.391. The summed E-state index contributed by atoms with van der Waals surface area (Å²) in [6.45, 7) is 5.64. The standard InChI is InChI=1S/C23H28N2O3/c1-16-11-17(2)13-20(12-16)23(27)25-10-4-5-19(15-25)22(26)24-14-18-6-8-21(28-3)9-7-18/h6-9,11-13,19H,4-5,10,14-15H2,1-3H3,(H,24,26)/t19-/m1/s1. The lowest BCUT2D eigenvalue weighted by Gasteiger charge is -2.32. The summed E-state index contributed by atoms with van der Waals surface area (Å²) in [5, 5.41) is 3.01. The van der Waals surface area contributed by atoms with Crippen LogP contribution < -0.4 is 10.1 Å². The van der Waals surface area contributed by atoms with E-state index in [-0.39, 0.29) is 17.7 Å². The van der Waals surface area contributed by atoms with Crippen LogP contribution in [0.2, 0.25) is 0 Å². The Bertz CT molecular complexity index is 825. The highest BCUT2D eigenvalue weighted by molar-refractivity contribution is 5.95. The first-order chi connectivity index (χ1) is 13.5. The van der Waals surface area contributed by atoms with Crippen molar-refractivity contribution in [2.45, 2.75) is 33.2 Å². The van der Waals surface area contributed by atoms with Gasteiger partial charge in [-0.3, -0.25) is 9.59 Å². The van der Waals surface area contributed by atoms with Crippen molar-refractivity contribution in [2.75, 3.05) is 20.2 Å². The number of nitrogens with one attached hydrogen (secondary N) is 1. The van der Waals surface area contributed by atoms with Gasteiger partial charge in [-0.15, -0.1) is 0 Å². The van der Waals surface area contributed by atoms with E-state index >= 15 is 0 Å². The molecule has 3 rings (SSSR count). The van der Waals surface area contributed by atoms with Gasteiger partial charge in [0.2, 0.25) is 5.91 Å². The quantitative estimate of drug-likeness (QED) is 0.864. The molecule has 1 aliphatic heterocycles. The van der Waals surface area contributed by atoms with Crippen LogP contribution in [-0.2, 0) is 11.3 Å². The molecule has 1 fully saturated rings. The van der Waals surface area contributed by atoms with Crippen LogP contribution in [0, 0.1) is 19.8 Å². The molecule has 0 bridgehead atoms. The molecule has 0 aliphatic carbocycles. The van der Waals surface area contributed by atoms with Gasteiger partial charge in [-0.25, -0.2) is 0 Å². The smallest absolute Gasteiger partial charge is 0.253 e. The van der Waals surface area contributed by atoms with Gasteiger partial charge >= 0.3 is 0 Å². The van der Waals surface area contributed by atoms with Crippen molar-refractivity contribution >= 4 is 11.8 Å². The first-order valence-electron chi connectivity index (χ1n) is 9.74. The minimum absolute atomic E-state index is 0.00809. The highest BCUT2D eigenvalue weighted by Crippen LogP contribution is 2.20. The molecule has 0 aromatic heterocycles. The summed E-state index contributed by atoms with van der Waals surface area (Å²) in [5.74, 6) is 0.651. The predicted octanol–water partition coefficient (Wildman–Crippen LogP) is 3.48. The average Bonchev–Trinajstić information content (AvgIpc) is 2.71. The monoisotopic (exact) mass is 380 g/mol. The van der Waals surface area contributed by atoms with E-state index in [9.17, 15) is 9.59 Å². The Morgan fingerprint density at radius 1 is 1.11 bits per heavy atom. The first kappa shape index (κ1) is 19.9. The summed E-state index contributed by atoms with van der Waals surface area (Å²) in [6.07, 6.45) is 1.65. The van der Waals surface area contributed by atoms with Gasteiger partial charge in [-0.05, 0) is 56.5 Å². The van der Waals surface area contributed by atoms with Gasteiger partial charge < -0.3 is 15.0 Å². The maximum absolute atomic E-state index is 12.9. The number of hydrogen-bond acceptors (Lipinski definition) is 3. The Kier molecular flexibility index (Phi) is 6.34. The van der Waals surface area contributed by atoms with Crippen molar-refractivity contribution < 1.29 is 14.3 Å². The van der Waals surface area contributed by atoms with Crippen molar-refractivity contribution in [1.29, 1.82) is 0 Å². The maximum Gasteiger partial charge on any atom is 0.253 e. The Morgan fingerprint density at radius 2 is 1.79 bits per heavy atom. The number of benzene rings is 2. The second-order valence-corrected chi connectivity index (χ2v) is 7.53. The highest BCUT2D eigenvalue weighted by Gasteiger charge is 2.28. The van der Waals surface area contributed by atoms with E-state index in [2.05, 4.69) is 11.4 Å². The maximum atomic E-state index is 12.9. The van der Waals surface area contributed by atoms with E-state index < -0.39 is 0 Å². The number of rotatable bonds is 5.